The molecule has 1 fully saturated rings. The third kappa shape index (κ3) is 3.29. The molecule has 1 aliphatic heterocycles. The number of nitrogens with two attached hydrogens (primary N) is 1. The molecule has 1 aromatic rings. The smallest absolute Gasteiger partial charge is 0.144 e. The zero-order valence-electron chi connectivity index (χ0n) is 10.9. The number of anilines is 2. The molecule has 100 valence electrons. The van der Waals surface area contributed by atoms with Gasteiger partial charge in [-0.2, -0.15) is 0 Å². The normalized spacial score (nSPS) is 18.8. The van der Waals surface area contributed by atoms with Gasteiger partial charge in [-0.3, -0.25) is 0 Å². The lowest BCUT2D eigenvalue weighted by Gasteiger charge is -2.15. The molecule has 18 heavy (non-hydrogen) atoms. The second kappa shape index (κ2) is 6.50. The van der Waals surface area contributed by atoms with E-state index in [2.05, 4.69) is 12.2 Å². The summed E-state index contributed by atoms with van der Waals surface area (Å²) in [6.07, 6.45) is 2.11. The Balaban J connectivity index is 1.94. The average molecular weight is 250 g/mol. The summed E-state index contributed by atoms with van der Waals surface area (Å²) in [7, 11) is 0. The van der Waals surface area contributed by atoms with Gasteiger partial charge in [-0.1, -0.05) is 13.0 Å². The van der Waals surface area contributed by atoms with Crippen LogP contribution in [0.5, 0.6) is 5.75 Å². The van der Waals surface area contributed by atoms with Crippen molar-refractivity contribution in [3.63, 3.8) is 0 Å². The Morgan fingerprint density at radius 3 is 3.11 bits per heavy atom. The molecule has 0 aliphatic carbocycles. The zero-order chi connectivity index (χ0) is 12.8. The van der Waals surface area contributed by atoms with E-state index < -0.39 is 0 Å². The number of hydrogen-bond acceptors (Lipinski definition) is 4. The molecule has 0 spiro atoms. The van der Waals surface area contributed by atoms with E-state index in [1.54, 1.807) is 0 Å². The first-order valence-corrected chi connectivity index (χ1v) is 6.64. The van der Waals surface area contributed by atoms with Gasteiger partial charge >= 0.3 is 0 Å². The van der Waals surface area contributed by atoms with E-state index in [9.17, 15) is 0 Å². The SMILES string of the molecule is CCCOc1cccc(NCC2CCOC2)c1N. The molecule has 0 saturated carbocycles. The number of ether oxygens (including phenoxy) is 2. The Hall–Kier alpha value is -1.42. The van der Waals surface area contributed by atoms with Crippen molar-refractivity contribution >= 4 is 11.4 Å². The Labute approximate surface area is 108 Å². The van der Waals surface area contributed by atoms with E-state index in [1.807, 2.05) is 18.2 Å². The van der Waals surface area contributed by atoms with Crippen LogP contribution < -0.4 is 15.8 Å². The molecule has 2 rings (SSSR count). The first-order valence-electron chi connectivity index (χ1n) is 6.64. The van der Waals surface area contributed by atoms with Gasteiger partial charge in [0.2, 0.25) is 0 Å². The second-order valence-corrected chi connectivity index (χ2v) is 4.68. The highest BCUT2D eigenvalue weighted by atomic mass is 16.5. The molecule has 3 N–H and O–H groups in total. The third-order valence-electron chi connectivity index (χ3n) is 3.13. The van der Waals surface area contributed by atoms with Crippen LogP contribution in [0.4, 0.5) is 11.4 Å². The van der Waals surface area contributed by atoms with Gasteiger partial charge < -0.3 is 20.5 Å². The Morgan fingerprint density at radius 1 is 1.50 bits per heavy atom. The maximum Gasteiger partial charge on any atom is 0.144 e. The molecule has 0 aromatic heterocycles. The van der Waals surface area contributed by atoms with Crippen LogP contribution in [-0.4, -0.2) is 26.4 Å². The molecule has 1 unspecified atom stereocenters. The Morgan fingerprint density at radius 2 is 2.39 bits per heavy atom. The molecule has 1 heterocycles. The summed E-state index contributed by atoms with van der Waals surface area (Å²) in [4.78, 5) is 0. The van der Waals surface area contributed by atoms with Crippen molar-refractivity contribution in [1.29, 1.82) is 0 Å². The molecule has 1 aliphatic rings. The fourth-order valence-corrected chi connectivity index (χ4v) is 2.03. The van der Waals surface area contributed by atoms with Crippen LogP contribution in [0.3, 0.4) is 0 Å². The van der Waals surface area contributed by atoms with Gasteiger partial charge in [-0.25, -0.2) is 0 Å². The minimum absolute atomic E-state index is 0.588. The lowest BCUT2D eigenvalue weighted by molar-refractivity contribution is 0.187. The van der Waals surface area contributed by atoms with Crippen LogP contribution in [0, 0.1) is 5.92 Å². The van der Waals surface area contributed by atoms with Gasteiger partial charge in [0, 0.05) is 19.1 Å². The first kappa shape index (κ1) is 13.0. The summed E-state index contributed by atoms with van der Waals surface area (Å²) < 4.78 is 11.0. The number of hydrogen-bond donors (Lipinski definition) is 2. The van der Waals surface area contributed by atoms with Crippen LogP contribution in [-0.2, 0) is 4.74 Å². The summed E-state index contributed by atoms with van der Waals surface area (Å²) in [5.74, 6) is 1.36. The second-order valence-electron chi connectivity index (χ2n) is 4.68. The quantitative estimate of drug-likeness (QED) is 0.762. The summed E-state index contributed by atoms with van der Waals surface area (Å²) in [6.45, 7) is 5.41. The van der Waals surface area contributed by atoms with E-state index in [-0.39, 0.29) is 0 Å². The molecular formula is C14H22N2O2. The van der Waals surface area contributed by atoms with E-state index in [4.69, 9.17) is 15.2 Å². The fourth-order valence-electron chi connectivity index (χ4n) is 2.03. The van der Waals surface area contributed by atoms with Crippen LogP contribution in [0.2, 0.25) is 0 Å². The number of nitrogen functional groups attached to an aromatic ring is 1. The minimum Gasteiger partial charge on any atom is -0.491 e. The Bertz CT molecular complexity index is 376. The van der Waals surface area contributed by atoms with E-state index in [0.29, 0.717) is 18.2 Å². The molecule has 1 saturated heterocycles. The third-order valence-corrected chi connectivity index (χ3v) is 3.13. The van der Waals surface area contributed by atoms with Crippen molar-refractivity contribution in [2.75, 3.05) is 37.4 Å². The summed E-state index contributed by atoms with van der Waals surface area (Å²) in [6, 6.07) is 5.87. The highest BCUT2D eigenvalue weighted by molar-refractivity contribution is 5.72. The molecule has 1 atom stereocenters. The van der Waals surface area contributed by atoms with Crippen LogP contribution in [0.15, 0.2) is 18.2 Å². The van der Waals surface area contributed by atoms with Crippen molar-refractivity contribution in [3.8, 4) is 5.75 Å². The molecule has 0 amide bonds. The van der Waals surface area contributed by atoms with Crippen molar-refractivity contribution < 1.29 is 9.47 Å². The molecular weight excluding hydrogens is 228 g/mol. The predicted octanol–water partition coefficient (Wildman–Crippen LogP) is 2.51. The minimum atomic E-state index is 0.588. The molecule has 4 heteroatoms. The fraction of sp³-hybridized carbons (Fsp3) is 0.571. The topological polar surface area (TPSA) is 56.5 Å². The maximum absolute atomic E-state index is 6.09. The number of rotatable bonds is 6. The van der Waals surface area contributed by atoms with E-state index in [1.165, 1.54) is 0 Å². The summed E-state index contributed by atoms with van der Waals surface area (Å²) in [5, 5.41) is 3.39. The van der Waals surface area contributed by atoms with E-state index in [0.717, 1.165) is 44.0 Å². The predicted molar refractivity (Wildman–Crippen MR) is 74.1 cm³/mol. The highest BCUT2D eigenvalue weighted by Gasteiger charge is 2.15. The lowest BCUT2D eigenvalue weighted by atomic mass is 10.1. The van der Waals surface area contributed by atoms with Crippen LogP contribution in [0.1, 0.15) is 19.8 Å². The summed E-state index contributed by atoms with van der Waals surface area (Å²) in [5.41, 5.74) is 7.74. The number of nitrogens with one attached hydrogen (secondary N) is 1. The first-order chi connectivity index (χ1) is 8.81. The lowest BCUT2D eigenvalue weighted by Crippen LogP contribution is -2.15. The average Bonchev–Trinajstić information content (AvgIpc) is 2.89. The van der Waals surface area contributed by atoms with Crippen LogP contribution in [0.25, 0.3) is 0 Å². The maximum atomic E-state index is 6.09. The number of benzene rings is 1. The van der Waals surface area contributed by atoms with Gasteiger partial charge in [-0.05, 0) is 25.0 Å². The molecule has 0 radical (unpaired) electrons. The Kier molecular flexibility index (Phi) is 4.70. The standard InChI is InChI=1S/C14H22N2O2/c1-2-7-18-13-5-3-4-12(14(13)15)16-9-11-6-8-17-10-11/h3-5,11,16H,2,6-10,15H2,1H3. The van der Waals surface area contributed by atoms with Crippen molar-refractivity contribution in [3.05, 3.63) is 18.2 Å². The van der Waals surface area contributed by atoms with Crippen molar-refractivity contribution in [2.24, 2.45) is 5.92 Å². The molecule has 4 nitrogen and oxygen atoms in total. The van der Waals surface area contributed by atoms with Gasteiger partial charge in [0.15, 0.2) is 0 Å². The molecule has 0 bridgehead atoms. The van der Waals surface area contributed by atoms with Crippen molar-refractivity contribution in [1.82, 2.24) is 0 Å². The zero-order valence-corrected chi connectivity index (χ0v) is 10.9. The van der Waals surface area contributed by atoms with Crippen LogP contribution >= 0.6 is 0 Å². The van der Waals surface area contributed by atoms with Gasteiger partial charge in [0.05, 0.1) is 24.6 Å². The largest absolute Gasteiger partial charge is 0.491 e. The van der Waals surface area contributed by atoms with E-state index >= 15 is 0 Å². The number of para-hydroxylation sites is 1. The highest BCUT2D eigenvalue weighted by Crippen LogP contribution is 2.29. The van der Waals surface area contributed by atoms with Gasteiger partial charge in [0.25, 0.3) is 0 Å². The van der Waals surface area contributed by atoms with Gasteiger partial charge in [-0.15, -0.1) is 0 Å². The monoisotopic (exact) mass is 250 g/mol. The van der Waals surface area contributed by atoms with Crippen molar-refractivity contribution in [2.45, 2.75) is 19.8 Å². The summed E-state index contributed by atoms with van der Waals surface area (Å²) >= 11 is 0. The molecule has 1 aromatic carbocycles. The van der Waals surface area contributed by atoms with Gasteiger partial charge in [0.1, 0.15) is 5.75 Å².